The zero-order valence-corrected chi connectivity index (χ0v) is 11.6. The normalized spacial score (nSPS) is 10.7. The molecule has 1 amide bonds. The van der Waals surface area contributed by atoms with Crippen molar-refractivity contribution in [1.82, 2.24) is 4.98 Å². The van der Waals surface area contributed by atoms with Gasteiger partial charge in [-0.3, -0.25) is 4.79 Å². The van der Waals surface area contributed by atoms with Crippen molar-refractivity contribution in [2.45, 2.75) is 0 Å². The molecule has 4 nitrogen and oxygen atoms in total. The molecule has 0 radical (unpaired) electrons. The Morgan fingerprint density at radius 1 is 1.20 bits per heavy atom. The fourth-order valence-electron chi connectivity index (χ4n) is 1.79. The Hall–Kier alpha value is -2.04. The molecule has 0 atom stereocenters. The standard InChI is InChI=1S/C14H8Cl2N2O2/c15-9-2-1-3-10(13(9)16)18-14(19)8-4-5-12-11(6-8)17-7-20-12/h1-7H,(H,18,19). The number of fused-ring (bicyclic) bond motifs is 1. The number of carbonyl (C=O) groups is 1. The van der Waals surface area contributed by atoms with Gasteiger partial charge in [-0.05, 0) is 30.3 Å². The molecule has 6 heteroatoms. The minimum absolute atomic E-state index is 0.293. The second kappa shape index (κ2) is 5.15. The number of amides is 1. The maximum absolute atomic E-state index is 12.2. The van der Waals surface area contributed by atoms with E-state index in [-0.39, 0.29) is 5.91 Å². The van der Waals surface area contributed by atoms with Crippen LogP contribution in [0.2, 0.25) is 10.0 Å². The summed E-state index contributed by atoms with van der Waals surface area (Å²) in [5.74, 6) is -0.293. The van der Waals surface area contributed by atoms with Crippen molar-refractivity contribution in [3.05, 3.63) is 58.4 Å². The molecule has 0 unspecified atom stereocenters. The third-order valence-electron chi connectivity index (χ3n) is 2.79. The molecule has 0 aliphatic rings. The molecule has 0 saturated carbocycles. The Balaban J connectivity index is 1.90. The molecule has 0 aliphatic heterocycles. The first-order chi connectivity index (χ1) is 9.65. The van der Waals surface area contributed by atoms with Crippen molar-refractivity contribution in [3.63, 3.8) is 0 Å². The van der Waals surface area contributed by atoms with Crippen molar-refractivity contribution in [1.29, 1.82) is 0 Å². The van der Waals surface area contributed by atoms with Gasteiger partial charge >= 0.3 is 0 Å². The Morgan fingerprint density at radius 2 is 2.05 bits per heavy atom. The summed E-state index contributed by atoms with van der Waals surface area (Å²) in [6.45, 7) is 0. The number of hydrogen-bond acceptors (Lipinski definition) is 3. The number of halogens is 2. The summed E-state index contributed by atoms with van der Waals surface area (Å²) in [5.41, 5.74) is 2.17. The largest absolute Gasteiger partial charge is 0.443 e. The molecular weight excluding hydrogens is 299 g/mol. The van der Waals surface area contributed by atoms with E-state index in [0.717, 1.165) is 0 Å². The number of carbonyl (C=O) groups excluding carboxylic acids is 1. The molecule has 2 aromatic carbocycles. The molecular formula is C14H8Cl2N2O2. The average Bonchev–Trinajstić information content (AvgIpc) is 2.91. The van der Waals surface area contributed by atoms with Gasteiger partial charge in [0.15, 0.2) is 12.0 Å². The molecule has 100 valence electrons. The number of aromatic nitrogens is 1. The Kier molecular flexibility index (Phi) is 3.34. The van der Waals surface area contributed by atoms with Gasteiger partial charge in [0.25, 0.3) is 5.91 Å². The topological polar surface area (TPSA) is 55.1 Å². The minimum Gasteiger partial charge on any atom is -0.443 e. The van der Waals surface area contributed by atoms with Crippen molar-refractivity contribution < 1.29 is 9.21 Å². The quantitative estimate of drug-likeness (QED) is 0.764. The van der Waals surface area contributed by atoms with E-state index in [1.807, 2.05) is 0 Å². The molecule has 3 rings (SSSR count). The van der Waals surface area contributed by atoms with E-state index in [4.69, 9.17) is 27.6 Å². The second-order valence-corrected chi connectivity index (χ2v) is 4.88. The molecule has 0 saturated heterocycles. The van der Waals surface area contributed by atoms with E-state index < -0.39 is 0 Å². The van der Waals surface area contributed by atoms with Crippen molar-refractivity contribution >= 4 is 45.9 Å². The zero-order valence-electron chi connectivity index (χ0n) is 10.1. The van der Waals surface area contributed by atoms with Crippen LogP contribution in [0.15, 0.2) is 47.2 Å². The zero-order chi connectivity index (χ0) is 14.1. The maximum Gasteiger partial charge on any atom is 0.255 e. The molecule has 0 spiro atoms. The predicted molar refractivity (Wildman–Crippen MR) is 78.4 cm³/mol. The van der Waals surface area contributed by atoms with Gasteiger partial charge in [0, 0.05) is 5.56 Å². The van der Waals surface area contributed by atoms with E-state index >= 15 is 0 Å². The summed E-state index contributed by atoms with van der Waals surface area (Å²) in [7, 11) is 0. The second-order valence-electron chi connectivity index (χ2n) is 4.09. The van der Waals surface area contributed by atoms with Crippen molar-refractivity contribution in [2.75, 3.05) is 5.32 Å². The van der Waals surface area contributed by atoms with Gasteiger partial charge in [-0.2, -0.15) is 0 Å². The third kappa shape index (κ3) is 2.35. The number of nitrogens with zero attached hydrogens (tertiary/aromatic N) is 1. The molecule has 20 heavy (non-hydrogen) atoms. The Labute approximate surface area is 124 Å². The summed E-state index contributed by atoms with van der Waals surface area (Å²) < 4.78 is 5.12. The summed E-state index contributed by atoms with van der Waals surface area (Å²) in [6.07, 6.45) is 1.33. The lowest BCUT2D eigenvalue weighted by molar-refractivity contribution is 0.102. The van der Waals surface area contributed by atoms with Gasteiger partial charge in [-0.1, -0.05) is 29.3 Å². The van der Waals surface area contributed by atoms with E-state index in [9.17, 15) is 4.79 Å². The molecule has 0 aliphatic carbocycles. The van der Waals surface area contributed by atoms with Gasteiger partial charge in [0.05, 0.1) is 15.7 Å². The van der Waals surface area contributed by atoms with E-state index in [0.29, 0.717) is 32.4 Å². The number of rotatable bonds is 2. The van der Waals surface area contributed by atoms with E-state index in [1.54, 1.807) is 36.4 Å². The first-order valence-electron chi connectivity index (χ1n) is 5.74. The summed E-state index contributed by atoms with van der Waals surface area (Å²) >= 11 is 11.9. The molecule has 1 aromatic heterocycles. The summed E-state index contributed by atoms with van der Waals surface area (Å²) in [5, 5.41) is 3.41. The summed E-state index contributed by atoms with van der Waals surface area (Å²) in [6, 6.07) is 10.0. The van der Waals surface area contributed by atoms with Crippen LogP contribution in [0.5, 0.6) is 0 Å². The first-order valence-corrected chi connectivity index (χ1v) is 6.49. The lowest BCUT2D eigenvalue weighted by Crippen LogP contribution is -2.12. The van der Waals surface area contributed by atoms with Crippen LogP contribution in [0, 0.1) is 0 Å². The lowest BCUT2D eigenvalue weighted by atomic mass is 10.2. The van der Waals surface area contributed by atoms with E-state index in [2.05, 4.69) is 10.3 Å². The smallest absolute Gasteiger partial charge is 0.255 e. The fraction of sp³-hybridized carbons (Fsp3) is 0. The SMILES string of the molecule is O=C(Nc1cccc(Cl)c1Cl)c1ccc2ocnc2c1. The van der Waals surface area contributed by atoms with Crippen LogP contribution in [-0.4, -0.2) is 10.9 Å². The van der Waals surface area contributed by atoms with Crippen LogP contribution in [0.3, 0.4) is 0 Å². The molecule has 0 fully saturated rings. The number of oxazole rings is 1. The number of hydrogen-bond donors (Lipinski definition) is 1. The van der Waals surface area contributed by atoms with Crippen LogP contribution >= 0.6 is 23.2 Å². The number of nitrogens with one attached hydrogen (secondary N) is 1. The number of anilines is 1. The van der Waals surface area contributed by atoms with Crippen molar-refractivity contribution in [3.8, 4) is 0 Å². The van der Waals surface area contributed by atoms with Gasteiger partial charge in [-0.15, -0.1) is 0 Å². The minimum atomic E-state index is -0.293. The average molecular weight is 307 g/mol. The Morgan fingerprint density at radius 3 is 2.90 bits per heavy atom. The highest BCUT2D eigenvalue weighted by Gasteiger charge is 2.11. The maximum atomic E-state index is 12.2. The van der Waals surface area contributed by atoms with E-state index in [1.165, 1.54) is 6.39 Å². The van der Waals surface area contributed by atoms with Crippen LogP contribution < -0.4 is 5.32 Å². The van der Waals surface area contributed by atoms with Crippen LogP contribution in [-0.2, 0) is 0 Å². The van der Waals surface area contributed by atoms with Gasteiger partial charge in [-0.25, -0.2) is 4.98 Å². The van der Waals surface area contributed by atoms with Crippen LogP contribution in [0.1, 0.15) is 10.4 Å². The highest BCUT2D eigenvalue weighted by Crippen LogP contribution is 2.29. The predicted octanol–water partition coefficient (Wildman–Crippen LogP) is 4.39. The monoisotopic (exact) mass is 306 g/mol. The lowest BCUT2D eigenvalue weighted by Gasteiger charge is -2.08. The fourth-order valence-corrected chi connectivity index (χ4v) is 2.14. The van der Waals surface area contributed by atoms with Gasteiger partial charge in [0.2, 0.25) is 0 Å². The highest BCUT2D eigenvalue weighted by molar-refractivity contribution is 6.44. The first kappa shape index (κ1) is 13.0. The van der Waals surface area contributed by atoms with Crippen molar-refractivity contribution in [2.24, 2.45) is 0 Å². The molecule has 1 N–H and O–H groups in total. The van der Waals surface area contributed by atoms with Crippen LogP contribution in [0.25, 0.3) is 11.1 Å². The molecule has 0 bridgehead atoms. The van der Waals surface area contributed by atoms with Crippen LogP contribution in [0.4, 0.5) is 5.69 Å². The van der Waals surface area contributed by atoms with Gasteiger partial charge in [0.1, 0.15) is 5.52 Å². The number of benzene rings is 2. The van der Waals surface area contributed by atoms with Gasteiger partial charge < -0.3 is 9.73 Å². The third-order valence-corrected chi connectivity index (χ3v) is 3.61. The summed E-state index contributed by atoms with van der Waals surface area (Å²) in [4.78, 5) is 16.2. The molecule has 1 heterocycles. The molecule has 3 aromatic rings. The Bertz CT molecular complexity index is 799. The highest BCUT2D eigenvalue weighted by atomic mass is 35.5.